The normalized spacial score (nSPS) is 11.1. The molecule has 2 heteroatoms. The first kappa shape index (κ1) is 23.6. The van der Waals surface area contributed by atoms with Crippen LogP contribution in [0.15, 0.2) is 30.3 Å². The van der Waals surface area contributed by atoms with E-state index in [-0.39, 0.29) is 0 Å². The first-order valence-electron chi connectivity index (χ1n) is 12.1. The van der Waals surface area contributed by atoms with E-state index in [1.807, 2.05) is 0 Å². The van der Waals surface area contributed by atoms with Crippen LogP contribution < -0.4 is 9.47 Å². The van der Waals surface area contributed by atoms with E-state index in [9.17, 15) is 0 Å². The van der Waals surface area contributed by atoms with Crippen LogP contribution in [0.5, 0.6) is 11.5 Å². The van der Waals surface area contributed by atoms with Gasteiger partial charge in [0.25, 0.3) is 0 Å². The molecule has 29 heavy (non-hydrogen) atoms. The number of hydrogen-bond acceptors (Lipinski definition) is 2. The maximum absolute atomic E-state index is 6.32. The Labute approximate surface area is 179 Å². The van der Waals surface area contributed by atoms with Crippen molar-refractivity contribution in [2.45, 2.75) is 97.8 Å². The fraction of sp³-hybridized carbons (Fsp3) is 0.630. The zero-order chi connectivity index (χ0) is 20.7. The maximum atomic E-state index is 6.32. The molecule has 0 fully saturated rings. The molecule has 2 aromatic carbocycles. The van der Waals surface area contributed by atoms with Crippen LogP contribution >= 0.6 is 0 Å². The molecule has 0 spiro atoms. The van der Waals surface area contributed by atoms with Gasteiger partial charge in [0.2, 0.25) is 0 Å². The highest BCUT2D eigenvalue weighted by Gasteiger charge is 2.14. The van der Waals surface area contributed by atoms with Crippen LogP contribution in [-0.4, -0.2) is 13.2 Å². The third-order valence-corrected chi connectivity index (χ3v) is 5.63. The summed E-state index contributed by atoms with van der Waals surface area (Å²) < 4.78 is 12.6. The van der Waals surface area contributed by atoms with Gasteiger partial charge in [0, 0.05) is 5.39 Å². The van der Waals surface area contributed by atoms with Crippen LogP contribution in [0.25, 0.3) is 10.8 Å². The van der Waals surface area contributed by atoms with Gasteiger partial charge in [0.05, 0.1) is 13.2 Å². The fourth-order valence-corrected chi connectivity index (χ4v) is 3.87. The molecule has 2 rings (SSSR count). The summed E-state index contributed by atoms with van der Waals surface area (Å²) in [4.78, 5) is 0. The predicted octanol–water partition coefficient (Wildman–Crippen LogP) is 8.63. The Morgan fingerprint density at radius 3 is 1.76 bits per heavy atom. The highest BCUT2D eigenvalue weighted by molar-refractivity contribution is 5.91. The summed E-state index contributed by atoms with van der Waals surface area (Å²) in [7, 11) is 0. The number of rotatable bonds is 16. The van der Waals surface area contributed by atoms with Crippen LogP contribution in [0.1, 0.15) is 96.5 Å². The van der Waals surface area contributed by atoms with E-state index in [2.05, 4.69) is 51.1 Å². The van der Waals surface area contributed by atoms with Gasteiger partial charge in [-0.3, -0.25) is 0 Å². The Morgan fingerprint density at radius 2 is 1.14 bits per heavy atom. The summed E-state index contributed by atoms with van der Waals surface area (Å²) in [6, 6.07) is 10.7. The lowest BCUT2D eigenvalue weighted by atomic mass is 10.0. The third kappa shape index (κ3) is 8.28. The van der Waals surface area contributed by atoms with E-state index in [0.717, 1.165) is 37.6 Å². The predicted molar refractivity (Wildman–Crippen MR) is 126 cm³/mol. The van der Waals surface area contributed by atoms with Gasteiger partial charge < -0.3 is 9.47 Å². The summed E-state index contributed by atoms with van der Waals surface area (Å²) in [5, 5.41) is 2.40. The van der Waals surface area contributed by atoms with Crippen LogP contribution in [0.3, 0.4) is 0 Å². The molecule has 0 heterocycles. The number of aryl methyl sites for hydroxylation is 1. The van der Waals surface area contributed by atoms with E-state index >= 15 is 0 Å². The molecule has 0 aliphatic rings. The molecule has 0 saturated heterocycles. The first-order valence-corrected chi connectivity index (χ1v) is 12.1. The monoisotopic (exact) mass is 398 g/mol. The summed E-state index contributed by atoms with van der Waals surface area (Å²) in [5.74, 6) is 1.89. The fourth-order valence-electron chi connectivity index (χ4n) is 3.87. The zero-order valence-electron chi connectivity index (χ0n) is 19.1. The summed E-state index contributed by atoms with van der Waals surface area (Å²) in [6.45, 7) is 8.21. The average molecular weight is 399 g/mol. The number of hydrogen-bond donors (Lipinski definition) is 0. The standard InChI is InChI=1S/C27H42O2/c1-4-6-8-10-12-16-20-28-26-23(3)22-24-18-14-15-19-25(24)27(26)29-21-17-13-11-9-7-5-2/h14-15,18-19,22H,4-13,16-17,20-21H2,1-3H3. The lowest BCUT2D eigenvalue weighted by Crippen LogP contribution is -2.05. The highest BCUT2D eigenvalue weighted by Crippen LogP contribution is 2.39. The second-order valence-corrected chi connectivity index (χ2v) is 8.31. The quantitative estimate of drug-likeness (QED) is 0.263. The van der Waals surface area contributed by atoms with E-state index in [0.29, 0.717) is 0 Å². The number of fused-ring (bicyclic) bond motifs is 1. The van der Waals surface area contributed by atoms with Crippen molar-refractivity contribution >= 4 is 10.8 Å². The van der Waals surface area contributed by atoms with Gasteiger partial charge in [-0.2, -0.15) is 0 Å². The van der Waals surface area contributed by atoms with Gasteiger partial charge in [-0.1, -0.05) is 102 Å². The van der Waals surface area contributed by atoms with E-state index in [1.54, 1.807) is 0 Å². The molecule has 0 aromatic heterocycles. The zero-order valence-corrected chi connectivity index (χ0v) is 19.1. The minimum Gasteiger partial charge on any atom is -0.489 e. The molecular weight excluding hydrogens is 356 g/mol. The molecule has 0 saturated carbocycles. The Bertz CT molecular complexity index is 692. The molecule has 0 N–H and O–H groups in total. The van der Waals surface area contributed by atoms with Gasteiger partial charge in [-0.05, 0) is 36.8 Å². The largest absolute Gasteiger partial charge is 0.489 e. The lowest BCUT2D eigenvalue weighted by molar-refractivity contribution is 0.259. The molecule has 0 unspecified atom stereocenters. The van der Waals surface area contributed by atoms with Gasteiger partial charge in [-0.25, -0.2) is 0 Å². The Hall–Kier alpha value is -1.70. The topological polar surface area (TPSA) is 18.5 Å². The molecule has 0 radical (unpaired) electrons. The van der Waals surface area contributed by atoms with Gasteiger partial charge in [-0.15, -0.1) is 0 Å². The number of ether oxygens (including phenoxy) is 2. The molecule has 0 bridgehead atoms. The molecule has 0 aliphatic heterocycles. The van der Waals surface area contributed by atoms with Crippen molar-refractivity contribution in [2.75, 3.05) is 13.2 Å². The van der Waals surface area contributed by atoms with Crippen LogP contribution in [0.2, 0.25) is 0 Å². The Balaban J connectivity index is 1.95. The Kier molecular flexibility index (Phi) is 11.6. The smallest absolute Gasteiger partial charge is 0.169 e. The third-order valence-electron chi connectivity index (χ3n) is 5.63. The molecule has 0 aliphatic carbocycles. The summed E-state index contributed by atoms with van der Waals surface area (Å²) in [6.07, 6.45) is 15.3. The van der Waals surface area contributed by atoms with Gasteiger partial charge >= 0.3 is 0 Å². The number of unbranched alkanes of at least 4 members (excludes halogenated alkanes) is 10. The maximum Gasteiger partial charge on any atom is 0.169 e. The van der Waals surface area contributed by atoms with Gasteiger partial charge in [0.15, 0.2) is 11.5 Å². The minimum absolute atomic E-state index is 0.771. The first-order chi connectivity index (χ1) is 14.3. The molecule has 0 amide bonds. The van der Waals surface area contributed by atoms with E-state index < -0.39 is 0 Å². The van der Waals surface area contributed by atoms with Gasteiger partial charge in [0.1, 0.15) is 0 Å². The van der Waals surface area contributed by atoms with Crippen molar-refractivity contribution in [2.24, 2.45) is 0 Å². The average Bonchev–Trinajstić information content (AvgIpc) is 2.73. The van der Waals surface area contributed by atoms with Crippen molar-refractivity contribution in [1.82, 2.24) is 0 Å². The van der Waals surface area contributed by atoms with Crippen molar-refractivity contribution in [3.8, 4) is 11.5 Å². The summed E-state index contributed by atoms with van der Waals surface area (Å²) >= 11 is 0. The van der Waals surface area contributed by atoms with E-state index in [1.165, 1.54) is 80.5 Å². The van der Waals surface area contributed by atoms with Crippen molar-refractivity contribution in [3.63, 3.8) is 0 Å². The summed E-state index contributed by atoms with van der Waals surface area (Å²) in [5.41, 5.74) is 1.17. The van der Waals surface area contributed by atoms with Crippen LogP contribution in [-0.2, 0) is 0 Å². The second kappa shape index (κ2) is 14.3. The molecule has 0 atom stereocenters. The lowest BCUT2D eigenvalue weighted by Gasteiger charge is -2.18. The highest BCUT2D eigenvalue weighted by atomic mass is 16.5. The molecular formula is C27H42O2. The minimum atomic E-state index is 0.771. The van der Waals surface area contributed by atoms with Crippen molar-refractivity contribution in [1.29, 1.82) is 0 Å². The van der Waals surface area contributed by atoms with Crippen molar-refractivity contribution in [3.05, 3.63) is 35.9 Å². The second-order valence-electron chi connectivity index (χ2n) is 8.31. The molecule has 2 aromatic rings. The van der Waals surface area contributed by atoms with Crippen LogP contribution in [0, 0.1) is 6.92 Å². The molecule has 162 valence electrons. The van der Waals surface area contributed by atoms with Crippen LogP contribution in [0.4, 0.5) is 0 Å². The number of benzene rings is 2. The van der Waals surface area contributed by atoms with E-state index in [4.69, 9.17) is 9.47 Å². The van der Waals surface area contributed by atoms with Crippen molar-refractivity contribution < 1.29 is 9.47 Å². The SMILES string of the molecule is CCCCCCCCOc1c(C)cc2ccccc2c1OCCCCCCCC. The molecule has 2 nitrogen and oxygen atoms in total. The Morgan fingerprint density at radius 1 is 0.621 bits per heavy atom.